The number of alkyl halides is 5. The molecule has 1 unspecified atom stereocenters. The highest BCUT2D eigenvalue weighted by atomic mass is 19.4. The molecule has 1 fully saturated rings. The molecular formula is C25H33F5N4O3. The Morgan fingerprint density at radius 2 is 1.97 bits per heavy atom. The zero-order chi connectivity index (χ0) is 27.5. The van der Waals surface area contributed by atoms with Gasteiger partial charge in [0.15, 0.2) is 11.6 Å². The maximum atomic E-state index is 13.2. The molecule has 37 heavy (non-hydrogen) atoms. The Balaban J connectivity index is 1.91. The van der Waals surface area contributed by atoms with E-state index in [4.69, 9.17) is 0 Å². The van der Waals surface area contributed by atoms with Crippen LogP contribution in [0.25, 0.3) is 5.82 Å². The normalized spacial score (nSPS) is 21.2. The number of imidazole rings is 1. The molecule has 2 aromatic heterocycles. The maximum Gasteiger partial charge on any atom is 0.391 e. The van der Waals surface area contributed by atoms with Gasteiger partial charge in [-0.05, 0) is 56.6 Å². The summed E-state index contributed by atoms with van der Waals surface area (Å²) < 4.78 is 71.4. The van der Waals surface area contributed by atoms with Crippen LogP contribution in [0.2, 0.25) is 0 Å². The van der Waals surface area contributed by atoms with Crippen molar-refractivity contribution in [2.24, 2.45) is 11.8 Å². The van der Waals surface area contributed by atoms with Gasteiger partial charge >= 0.3 is 12.8 Å². The van der Waals surface area contributed by atoms with E-state index < -0.39 is 42.4 Å². The van der Waals surface area contributed by atoms with Gasteiger partial charge in [-0.3, -0.25) is 9.36 Å². The summed E-state index contributed by atoms with van der Waals surface area (Å²) in [7, 11) is 0. The predicted octanol–water partition coefficient (Wildman–Crippen LogP) is 5.15. The molecule has 1 aliphatic rings. The Morgan fingerprint density at radius 3 is 2.54 bits per heavy atom. The van der Waals surface area contributed by atoms with E-state index in [0.29, 0.717) is 36.7 Å². The summed E-state index contributed by atoms with van der Waals surface area (Å²) in [6.45, 7) is 3.23. The van der Waals surface area contributed by atoms with E-state index in [1.165, 1.54) is 10.8 Å². The minimum atomic E-state index is -4.45. The minimum absolute atomic E-state index is 0.0317. The molecular weight excluding hydrogens is 499 g/mol. The number of nitrogens with zero attached hydrogens (tertiary/aromatic N) is 3. The molecule has 2 N–H and O–H groups in total. The fourth-order valence-electron chi connectivity index (χ4n) is 4.51. The zero-order valence-electron chi connectivity index (χ0n) is 21.3. The first-order valence-corrected chi connectivity index (χ1v) is 12.3. The summed E-state index contributed by atoms with van der Waals surface area (Å²) in [6, 6.07) is 1.11. The number of amides is 1. The van der Waals surface area contributed by atoms with Crippen LogP contribution in [-0.4, -0.2) is 50.5 Å². The number of hydrogen-bond acceptors (Lipinski definition) is 5. The monoisotopic (exact) mass is 532 g/mol. The number of aryl methyl sites for hydroxylation is 1. The lowest BCUT2D eigenvalue weighted by Gasteiger charge is -2.34. The van der Waals surface area contributed by atoms with Gasteiger partial charge in [0.25, 0.3) is 5.91 Å². The predicted molar refractivity (Wildman–Crippen MR) is 126 cm³/mol. The number of nitrogens with one attached hydrogen (secondary N) is 1. The summed E-state index contributed by atoms with van der Waals surface area (Å²) >= 11 is 0. The van der Waals surface area contributed by atoms with Crippen LogP contribution in [0.15, 0.2) is 12.3 Å². The van der Waals surface area contributed by atoms with E-state index >= 15 is 0 Å². The van der Waals surface area contributed by atoms with Crippen molar-refractivity contribution in [1.29, 1.82) is 0 Å². The van der Waals surface area contributed by atoms with Gasteiger partial charge in [0.1, 0.15) is 11.5 Å². The first-order valence-electron chi connectivity index (χ1n) is 12.3. The van der Waals surface area contributed by atoms with Gasteiger partial charge < -0.3 is 15.2 Å². The first-order chi connectivity index (χ1) is 17.2. The number of carbonyl (C=O) groups excluding carboxylic acids is 1. The number of aliphatic hydroxyl groups is 1. The third-order valence-corrected chi connectivity index (χ3v) is 6.91. The Bertz CT molecular complexity index is 1090. The Kier molecular flexibility index (Phi) is 8.81. The van der Waals surface area contributed by atoms with Crippen molar-refractivity contribution in [1.82, 2.24) is 19.9 Å². The summed E-state index contributed by atoms with van der Waals surface area (Å²) in [6.07, 6.45) is -0.585. The molecule has 2 aromatic rings. The Hall–Kier alpha value is -2.76. The molecule has 0 spiro atoms. The van der Waals surface area contributed by atoms with Gasteiger partial charge in [0.2, 0.25) is 0 Å². The van der Waals surface area contributed by atoms with Crippen LogP contribution < -0.4 is 10.1 Å². The van der Waals surface area contributed by atoms with E-state index in [-0.39, 0.29) is 23.6 Å². The van der Waals surface area contributed by atoms with Crippen molar-refractivity contribution >= 4 is 5.91 Å². The minimum Gasteiger partial charge on any atom is -0.431 e. The van der Waals surface area contributed by atoms with Gasteiger partial charge in [-0.25, -0.2) is 9.97 Å². The number of aromatic nitrogens is 3. The van der Waals surface area contributed by atoms with Crippen LogP contribution in [0, 0.1) is 18.8 Å². The van der Waals surface area contributed by atoms with E-state index in [9.17, 15) is 31.9 Å². The van der Waals surface area contributed by atoms with Crippen LogP contribution in [0.3, 0.4) is 0 Å². The second-order valence-electron chi connectivity index (χ2n) is 9.93. The quantitative estimate of drug-likeness (QED) is 0.436. The fourth-order valence-corrected chi connectivity index (χ4v) is 4.51. The molecule has 12 heteroatoms. The molecule has 3 rings (SSSR count). The van der Waals surface area contributed by atoms with Crippen LogP contribution in [-0.2, 0) is 12.8 Å². The molecule has 1 amide bonds. The van der Waals surface area contributed by atoms with Crippen molar-refractivity contribution in [3.05, 3.63) is 35.0 Å². The fraction of sp³-hybridized carbons (Fsp3) is 0.640. The molecule has 7 nitrogen and oxygen atoms in total. The third kappa shape index (κ3) is 6.97. The molecule has 1 saturated carbocycles. The molecule has 206 valence electrons. The molecule has 2 heterocycles. The third-order valence-electron chi connectivity index (χ3n) is 6.91. The number of ether oxygens (including phenoxy) is 1. The van der Waals surface area contributed by atoms with Crippen molar-refractivity contribution in [2.75, 3.05) is 6.54 Å². The highest BCUT2D eigenvalue weighted by Gasteiger charge is 2.36. The number of pyridine rings is 1. The summed E-state index contributed by atoms with van der Waals surface area (Å²) in [5.74, 6) is -1.93. The summed E-state index contributed by atoms with van der Waals surface area (Å²) in [4.78, 5) is 21.5. The van der Waals surface area contributed by atoms with E-state index in [1.807, 2.05) is 0 Å². The molecule has 1 atom stereocenters. The number of halogens is 5. The highest BCUT2D eigenvalue weighted by molar-refractivity contribution is 5.93. The Morgan fingerprint density at radius 1 is 1.32 bits per heavy atom. The standard InChI is InChI=1S/C25H33F5N4O3/c1-5-19-33-20(22(35)32-13-24(36)8-6-14(2)7-9-24)16(4)34(19)21-18(37-23(26)27)11-17(12-31-21)10-15(3)25(28,29)30/h11-12,14-15,23,36H,5-10,13H2,1-4H3,(H,32,35). The highest BCUT2D eigenvalue weighted by Crippen LogP contribution is 2.33. The number of rotatable bonds is 9. The zero-order valence-corrected chi connectivity index (χ0v) is 21.3. The molecule has 0 aromatic carbocycles. The lowest BCUT2D eigenvalue weighted by atomic mass is 9.79. The molecule has 0 aliphatic heterocycles. The lowest BCUT2D eigenvalue weighted by Crippen LogP contribution is -2.45. The molecule has 0 bridgehead atoms. The largest absolute Gasteiger partial charge is 0.431 e. The van der Waals surface area contributed by atoms with E-state index in [2.05, 4.69) is 26.9 Å². The van der Waals surface area contributed by atoms with Gasteiger partial charge in [0, 0.05) is 19.2 Å². The maximum absolute atomic E-state index is 13.2. The molecule has 0 saturated heterocycles. The first kappa shape index (κ1) is 28.8. The van der Waals surface area contributed by atoms with Crippen molar-refractivity contribution in [2.45, 2.75) is 84.6 Å². The van der Waals surface area contributed by atoms with E-state index in [0.717, 1.165) is 25.8 Å². The van der Waals surface area contributed by atoms with Crippen LogP contribution >= 0.6 is 0 Å². The van der Waals surface area contributed by atoms with Gasteiger partial charge in [-0.1, -0.05) is 20.8 Å². The second-order valence-corrected chi connectivity index (χ2v) is 9.93. The molecule has 0 radical (unpaired) electrons. The SMILES string of the molecule is CCc1nc(C(=O)NCC2(O)CCC(C)CC2)c(C)n1-c1ncc(CC(C)C(F)(F)F)cc1OC(F)F. The number of hydrogen-bond donors (Lipinski definition) is 2. The van der Waals surface area contributed by atoms with E-state index in [1.54, 1.807) is 13.8 Å². The average Bonchev–Trinajstić information content (AvgIpc) is 3.15. The van der Waals surface area contributed by atoms with Crippen LogP contribution in [0.5, 0.6) is 5.75 Å². The van der Waals surface area contributed by atoms with Gasteiger partial charge in [-0.15, -0.1) is 0 Å². The average molecular weight is 533 g/mol. The Labute approximate surface area is 212 Å². The van der Waals surface area contributed by atoms with Gasteiger partial charge in [-0.2, -0.15) is 22.0 Å². The van der Waals surface area contributed by atoms with Crippen molar-refractivity contribution < 1.29 is 36.6 Å². The van der Waals surface area contributed by atoms with Gasteiger partial charge in [0.05, 0.1) is 17.2 Å². The smallest absolute Gasteiger partial charge is 0.391 e. The molecule has 1 aliphatic carbocycles. The van der Waals surface area contributed by atoms with Crippen molar-refractivity contribution in [3.8, 4) is 11.6 Å². The number of carbonyl (C=O) groups is 1. The summed E-state index contributed by atoms with van der Waals surface area (Å²) in [5, 5.41) is 13.5. The van der Waals surface area contributed by atoms with Crippen molar-refractivity contribution in [3.63, 3.8) is 0 Å². The van der Waals surface area contributed by atoms with Crippen LogP contribution in [0.4, 0.5) is 22.0 Å². The second kappa shape index (κ2) is 11.3. The summed E-state index contributed by atoms with van der Waals surface area (Å²) in [5.41, 5.74) is -0.603. The lowest BCUT2D eigenvalue weighted by molar-refractivity contribution is -0.169. The topological polar surface area (TPSA) is 89.3 Å². The van der Waals surface area contributed by atoms with Crippen LogP contribution in [0.1, 0.15) is 74.0 Å².